The number of benzene rings is 2. The van der Waals surface area contributed by atoms with Gasteiger partial charge in [-0.15, -0.1) is 0 Å². The summed E-state index contributed by atoms with van der Waals surface area (Å²) in [5.41, 5.74) is 2.40. The Kier molecular flexibility index (Phi) is 9.53. The molecule has 2 aliphatic rings. The first-order chi connectivity index (χ1) is 19.9. The number of aryl methyl sites for hydroxylation is 1. The Balaban J connectivity index is 1.69. The van der Waals surface area contributed by atoms with E-state index in [2.05, 4.69) is 33.0 Å². The predicted octanol–water partition coefficient (Wildman–Crippen LogP) is 6.83. The van der Waals surface area contributed by atoms with E-state index in [0.717, 1.165) is 49.7 Å². The van der Waals surface area contributed by atoms with Gasteiger partial charge in [-0.1, -0.05) is 52.7 Å². The summed E-state index contributed by atoms with van der Waals surface area (Å²) in [6.45, 7) is 10.8. The molecule has 1 aliphatic carbocycles. The van der Waals surface area contributed by atoms with Crippen LogP contribution in [0.25, 0.3) is 0 Å². The average molecular weight is 578 g/mol. The summed E-state index contributed by atoms with van der Waals surface area (Å²) in [5, 5.41) is 11.5. The molecule has 1 heterocycles. The Morgan fingerprint density at radius 3 is 2.38 bits per heavy atom. The van der Waals surface area contributed by atoms with Crippen LogP contribution in [-0.4, -0.2) is 45.7 Å². The molecule has 8 heteroatoms. The number of nitrogens with zero attached hydrogens (tertiary/aromatic N) is 2. The number of halogens is 1. The van der Waals surface area contributed by atoms with Crippen molar-refractivity contribution < 1.29 is 23.9 Å². The van der Waals surface area contributed by atoms with E-state index < -0.39 is 11.6 Å². The van der Waals surface area contributed by atoms with Gasteiger partial charge in [0.05, 0.1) is 12.5 Å². The van der Waals surface area contributed by atoms with Gasteiger partial charge in [0.2, 0.25) is 0 Å². The molecular weight excluding hydrogens is 533 g/mol. The largest absolute Gasteiger partial charge is 0.481 e. The molecule has 0 unspecified atom stereocenters. The number of rotatable bonds is 11. The normalized spacial score (nSPS) is 21.4. The summed E-state index contributed by atoms with van der Waals surface area (Å²) in [4.78, 5) is 44.8. The van der Waals surface area contributed by atoms with Crippen LogP contribution in [0.1, 0.15) is 112 Å². The van der Waals surface area contributed by atoms with Crippen molar-refractivity contribution in [3.05, 3.63) is 70.5 Å². The topological polar surface area (TPSA) is 99.1 Å². The van der Waals surface area contributed by atoms with Crippen LogP contribution in [-0.2, 0) is 9.59 Å². The van der Waals surface area contributed by atoms with E-state index in [1.807, 2.05) is 30.0 Å². The lowest BCUT2D eigenvalue weighted by Crippen LogP contribution is -2.51. The van der Waals surface area contributed by atoms with Crippen LogP contribution in [0.15, 0.2) is 47.5 Å². The van der Waals surface area contributed by atoms with E-state index in [-0.39, 0.29) is 42.1 Å². The Morgan fingerprint density at radius 1 is 1.14 bits per heavy atom. The molecule has 0 saturated heterocycles. The molecular formula is C34H44FN3O4. The van der Waals surface area contributed by atoms with Gasteiger partial charge in [0, 0.05) is 17.7 Å². The number of nitrogens with one attached hydrogen (secondary N) is 1. The van der Waals surface area contributed by atoms with Gasteiger partial charge in [-0.3, -0.25) is 19.4 Å². The van der Waals surface area contributed by atoms with Crippen molar-refractivity contribution in [1.82, 2.24) is 10.2 Å². The highest BCUT2D eigenvalue weighted by molar-refractivity contribution is 6.46. The molecule has 2 aromatic rings. The molecule has 42 heavy (non-hydrogen) atoms. The summed E-state index contributed by atoms with van der Waals surface area (Å²) in [7, 11) is 0. The molecule has 0 aromatic heterocycles. The number of carboxylic acid groups (broad SMARTS) is 1. The average Bonchev–Trinajstić information content (AvgIpc) is 3.22. The Labute approximate surface area is 248 Å². The predicted molar refractivity (Wildman–Crippen MR) is 162 cm³/mol. The van der Waals surface area contributed by atoms with Gasteiger partial charge in [-0.05, 0) is 91.8 Å². The van der Waals surface area contributed by atoms with Crippen molar-refractivity contribution in [3.8, 4) is 0 Å². The molecule has 226 valence electrons. The molecule has 0 radical (unpaired) electrons. The maximum Gasteiger partial charge on any atom is 0.305 e. The number of aliphatic carboxylic acids is 1. The number of hydrogen-bond donors (Lipinski definition) is 2. The molecule has 4 rings (SSSR count). The molecule has 7 nitrogen and oxygen atoms in total. The summed E-state index contributed by atoms with van der Waals surface area (Å²) in [5.74, 6) is -1.35. The zero-order valence-electron chi connectivity index (χ0n) is 25.5. The zero-order chi connectivity index (χ0) is 30.7. The fraction of sp³-hybridized carbons (Fsp3) is 0.529. The van der Waals surface area contributed by atoms with Crippen LogP contribution < -0.4 is 5.32 Å². The van der Waals surface area contributed by atoms with Crippen molar-refractivity contribution >= 4 is 23.5 Å². The highest BCUT2D eigenvalue weighted by Gasteiger charge is 2.52. The second-order valence-corrected chi connectivity index (χ2v) is 12.6. The Morgan fingerprint density at radius 2 is 1.81 bits per heavy atom. The van der Waals surface area contributed by atoms with Gasteiger partial charge in [-0.25, -0.2) is 4.39 Å². The second-order valence-electron chi connectivity index (χ2n) is 12.6. The van der Waals surface area contributed by atoms with Gasteiger partial charge in [0.1, 0.15) is 17.2 Å². The van der Waals surface area contributed by atoms with Crippen LogP contribution in [0.3, 0.4) is 0 Å². The minimum Gasteiger partial charge on any atom is -0.481 e. The second kappa shape index (κ2) is 12.8. The van der Waals surface area contributed by atoms with Crippen molar-refractivity contribution in [1.29, 1.82) is 0 Å². The highest BCUT2D eigenvalue weighted by Crippen LogP contribution is 2.50. The zero-order valence-corrected chi connectivity index (χ0v) is 25.5. The van der Waals surface area contributed by atoms with Crippen molar-refractivity contribution in [3.63, 3.8) is 0 Å². The van der Waals surface area contributed by atoms with E-state index in [0.29, 0.717) is 29.2 Å². The van der Waals surface area contributed by atoms with Crippen molar-refractivity contribution in [2.75, 3.05) is 6.54 Å². The lowest BCUT2D eigenvalue weighted by molar-refractivity contribution is -0.137. The first kappa shape index (κ1) is 31.4. The first-order valence-electron chi connectivity index (χ1n) is 15.2. The molecule has 1 spiro atoms. The van der Waals surface area contributed by atoms with E-state index in [1.165, 1.54) is 12.1 Å². The summed E-state index contributed by atoms with van der Waals surface area (Å²) in [6, 6.07) is 11.6. The SMILES string of the molecule is CCC[C@H](c1ccc(C(=O)NCCC(=O)O)cc1)N1C(=O)C(c2cc(C)cc(F)c2)=NC12CCC(C(C)(C)CC)CC2. The molecule has 2 N–H and O–H groups in total. The molecule has 1 fully saturated rings. The minimum absolute atomic E-state index is 0.0503. The van der Waals surface area contributed by atoms with Crippen LogP contribution in [0.2, 0.25) is 0 Å². The number of hydrogen-bond acceptors (Lipinski definition) is 4. The molecule has 2 amide bonds. The van der Waals surface area contributed by atoms with Gasteiger partial charge >= 0.3 is 5.97 Å². The molecule has 1 atom stereocenters. The molecule has 0 bridgehead atoms. The summed E-state index contributed by atoms with van der Waals surface area (Å²) >= 11 is 0. The Hall–Kier alpha value is -3.55. The van der Waals surface area contributed by atoms with Crippen LogP contribution in [0, 0.1) is 24.1 Å². The van der Waals surface area contributed by atoms with E-state index in [4.69, 9.17) is 10.1 Å². The fourth-order valence-electron chi connectivity index (χ4n) is 6.57. The molecule has 1 saturated carbocycles. The monoisotopic (exact) mass is 577 g/mol. The number of amides is 2. The molecule has 1 aliphatic heterocycles. The van der Waals surface area contributed by atoms with Crippen LogP contribution in [0.5, 0.6) is 0 Å². The van der Waals surface area contributed by atoms with Gasteiger partial charge in [-0.2, -0.15) is 0 Å². The maximum absolute atomic E-state index is 14.5. The third-order valence-corrected chi connectivity index (χ3v) is 9.36. The first-order valence-corrected chi connectivity index (χ1v) is 15.2. The van der Waals surface area contributed by atoms with E-state index in [9.17, 15) is 18.8 Å². The quantitative estimate of drug-likeness (QED) is 0.306. The van der Waals surface area contributed by atoms with Gasteiger partial charge < -0.3 is 15.3 Å². The van der Waals surface area contributed by atoms with E-state index in [1.54, 1.807) is 12.1 Å². The Bertz CT molecular complexity index is 1320. The highest BCUT2D eigenvalue weighted by atomic mass is 19.1. The smallest absolute Gasteiger partial charge is 0.305 e. The standard InChI is InChI=1S/C34H44FN3O4/c1-6-8-28(23-9-11-24(12-10-23)31(41)36-18-15-29(39)40)38-32(42)30(25-19-22(3)20-27(35)21-25)37-34(38)16-13-26(14-17-34)33(4,5)7-2/h9-12,19-21,26,28H,6-8,13-18H2,1-5H3,(H,36,41)(H,39,40)/t26?,28-,34?/m1/s1. The minimum atomic E-state index is -0.973. The van der Waals surface area contributed by atoms with Crippen molar-refractivity contribution in [2.45, 2.75) is 97.7 Å². The summed E-state index contributed by atoms with van der Waals surface area (Å²) in [6.07, 6.45) is 5.89. The third-order valence-electron chi connectivity index (χ3n) is 9.36. The number of carbonyl (C=O) groups excluding carboxylic acids is 2. The number of carboxylic acids is 1. The third kappa shape index (κ3) is 6.58. The van der Waals surface area contributed by atoms with Gasteiger partial charge in [0.25, 0.3) is 11.8 Å². The fourth-order valence-corrected chi connectivity index (χ4v) is 6.57. The summed E-state index contributed by atoms with van der Waals surface area (Å²) < 4.78 is 14.5. The van der Waals surface area contributed by atoms with Gasteiger partial charge in [0.15, 0.2) is 0 Å². The maximum atomic E-state index is 14.5. The van der Waals surface area contributed by atoms with Crippen LogP contribution >= 0.6 is 0 Å². The van der Waals surface area contributed by atoms with Crippen LogP contribution in [0.4, 0.5) is 4.39 Å². The van der Waals surface area contributed by atoms with E-state index >= 15 is 0 Å². The lowest BCUT2D eigenvalue weighted by atomic mass is 9.67. The lowest BCUT2D eigenvalue weighted by Gasteiger charge is -2.48. The van der Waals surface area contributed by atoms with Crippen molar-refractivity contribution in [2.24, 2.45) is 16.3 Å². The molecule has 2 aromatic carbocycles. The number of aliphatic imine (C=N–C) groups is 1. The number of carbonyl (C=O) groups is 3.